The van der Waals surface area contributed by atoms with E-state index in [9.17, 15) is 36.6 Å². The molecule has 5 rings (SSSR count). The monoisotopic (exact) mass is 662 g/mol. The van der Waals surface area contributed by atoms with Crippen molar-refractivity contribution in [2.24, 2.45) is 11.7 Å². The maximum absolute atomic E-state index is 14.3. The number of nitrogens with zero attached hydrogens (tertiary/aromatic N) is 2. The van der Waals surface area contributed by atoms with Crippen molar-refractivity contribution in [2.45, 2.75) is 94.6 Å². The second-order valence-corrected chi connectivity index (χ2v) is 13.2. The Kier molecular flexibility index (Phi) is 10.0. The zero-order chi connectivity index (χ0) is 34.1. The van der Waals surface area contributed by atoms with E-state index in [-0.39, 0.29) is 43.4 Å². The van der Waals surface area contributed by atoms with Gasteiger partial charge in [0, 0.05) is 49.6 Å². The number of carbonyl (C=O) groups is 2. The van der Waals surface area contributed by atoms with E-state index in [1.54, 1.807) is 17.0 Å². The van der Waals surface area contributed by atoms with Gasteiger partial charge >= 0.3 is 6.18 Å². The van der Waals surface area contributed by atoms with Crippen molar-refractivity contribution < 1.29 is 36.6 Å². The van der Waals surface area contributed by atoms with Crippen LogP contribution in [0.2, 0.25) is 0 Å². The van der Waals surface area contributed by atoms with E-state index in [2.05, 4.69) is 19.2 Å². The number of primary amides is 1. The first kappa shape index (κ1) is 34.8. The third-order valence-corrected chi connectivity index (χ3v) is 10.1. The molecule has 0 spiro atoms. The second kappa shape index (κ2) is 13.5. The molecule has 2 fully saturated rings. The number of nitrogens with two attached hydrogens (primary N) is 1. The van der Waals surface area contributed by atoms with E-state index in [1.165, 1.54) is 6.07 Å². The summed E-state index contributed by atoms with van der Waals surface area (Å²) < 4.78 is 69.1. The van der Waals surface area contributed by atoms with E-state index in [0.717, 1.165) is 56.0 Å². The number of nitrogens with one attached hydrogen (secondary N) is 1. The van der Waals surface area contributed by atoms with Crippen LogP contribution in [0.1, 0.15) is 75.5 Å². The number of carbonyl (C=O) groups excluding carboxylic acids is 2. The molecule has 3 atom stereocenters. The molecular weight excluding hydrogens is 619 g/mol. The molecule has 2 heterocycles. The van der Waals surface area contributed by atoms with Crippen LogP contribution in [-0.4, -0.2) is 64.0 Å². The van der Waals surface area contributed by atoms with Gasteiger partial charge in [0.25, 0.3) is 5.91 Å². The lowest BCUT2D eigenvalue weighted by molar-refractivity contribution is -0.144. The summed E-state index contributed by atoms with van der Waals surface area (Å²) in [7, 11) is 0. The SMILES string of the molecule is CCCC(CCC)N1CCN2C(=CCC2(C(N)=O)[C@H](Cc2cc(F)cc(F)c2)[C@@H](O)CNC2(c3cccc(C(F)(F)F)c3)CC2)C1=O. The van der Waals surface area contributed by atoms with Crippen LogP contribution < -0.4 is 11.1 Å². The molecule has 1 saturated carbocycles. The predicted molar refractivity (Wildman–Crippen MR) is 167 cm³/mol. The first-order chi connectivity index (χ1) is 22.3. The summed E-state index contributed by atoms with van der Waals surface area (Å²) in [5, 5.41) is 15.1. The Bertz CT molecular complexity index is 1480. The molecule has 4 N–H and O–H groups in total. The molecule has 7 nitrogen and oxygen atoms in total. The molecule has 1 unspecified atom stereocenters. The first-order valence-corrected chi connectivity index (χ1v) is 16.4. The zero-order valence-corrected chi connectivity index (χ0v) is 26.8. The van der Waals surface area contributed by atoms with Crippen LogP contribution in [-0.2, 0) is 27.7 Å². The summed E-state index contributed by atoms with van der Waals surface area (Å²) in [5.74, 6) is -3.71. The number of halogens is 5. The Labute approximate surface area is 272 Å². The Morgan fingerprint density at radius 1 is 1.04 bits per heavy atom. The van der Waals surface area contributed by atoms with Gasteiger partial charge in [-0.3, -0.25) is 9.59 Å². The average molecular weight is 663 g/mol. The van der Waals surface area contributed by atoms with Gasteiger partial charge in [0.05, 0.1) is 17.4 Å². The van der Waals surface area contributed by atoms with Crippen LogP contribution in [0.15, 0.2) is 54.2 Å². The van der Waals surface area contributed by atoms with Crippen molar-refractivity contribution in [3.8, 4) is 0 Å². The Morgan fingerprint density at radius 2 is 1.70 bits per heavy atom. The number of rotatable bonds is 14. The molecule has 3 aliphatic rings. The molecule has 256 valence electrons. The summed E-state index contributed by atoms with van der Waals surface area (Å²) in [6, 6.07) is 8.05. The highest BCUT2D eigenvalue weighted by molar-refractivity contribution is 5.98. The fourth-order valence-corrected chi connectivity index (χ4v) is 7.64. The molecule has 12 heteroatoms. The van der Waals surface area contributed by atoms with Crippen LogP contribution in [0.25, 0.3) is 0 Å². The van der Waals surface area contributed by atoms with E-state index < -0.39 is 52.4 Å². The Morgan fingerprint density at radius 3 is 2.28 bits per heavy atom. The minimum Gasteiger partial charge on any atom is -0.391 e. The number of benzene rings is 2. The Balaban J connectivity index is 1.46. The predicted octanol–water partition coefficient (Wildman–Crippen LogP) is 5.41. The summed E-state index contributed by atoms with van der Waals surface area (Å²) in [5.41, 5.74) is 3.88. The third-order valence-electron chi connectivity index (χ3n) is 10.1. The van der Waals surface area contributed by atoms with Crippen molar-refractivity contribution in [1.82, 2.24) is 15.1 Å². The summed E-state index contributed by atoms with van der Waals surface area (Å²) in [6.45, 7) is 4.58. The number of aliphatic hydroxyl groups is 1. The molecule has 1 saturated heterocycles. The summed E-state index contributed by atoms with van der Waals surface area (Å²) in [6.07, 6.45) is 0.172. The maximum atomic E-state index is 14.3. The van der Waals surface area contributed by atoms with Gasteiger partial charge in [0.15, 0.2) is 0 Å². The third kappa shape index (κ3) is 6.90. The quantitative estimate of drug-likeness (QED) is 0.235. The Hall–Kier alpha value is -3.51. The van der Waals surface area contributed by atoms with Gasteiger partial charge in [0.2, 0.25) is 5.91 Å². The van der Waals surface area contributed by atoms with Crippen molar-refractivity contribution in [3.05, 3.63) is 82.6 Å². The topological polar surface area (TPSA) is 98.9 Å². The highest BCUT2D eigenvalue weighted by Gasteiger charge is 2.57. The number of alkyl halides is 3. The van der Waals surface area contributed by atoms with Crippen molar-refractivity contribution in [1.29, 1.82) is 0 Å². The highest BCUT2D eigenvalue weighted by atomic mass is 19.4. The average Bonchev–Trinajstić information content (AvgIpc) is 3.70. The number of fused-ring (bicyclic) bond motifs is 1. The van der Waals surface area contributed by atoms with E-state index >= 15 is 0 Å². The van der Waals surface area contributed by atoms with Crippen molar-refractivity contribution >= 4 is 11.8 Å². The molecule has 47 heavy (non-hydrogen) atoms. The molecule has 0 radical (unpaired) electrons. The van der Waals surface area contributed by atoms with Crippen LogP contribution in [0.4, 0.5) is 22.0 Å². The van der Waals surface area contributed by atoms with Crippen molar-refractivity contribution in [3.63, 3.8) is 0 Å². The molecule has 2 aromatic carbocycles. The lowest BCUT2D eigenvalue weighted by atomic mass is 9.73. The van der Waals surface area contributed by atoms with Gasteiger partial charge in [-0.15, -0.1) is 0 Å². The van der Waals surface area contributed by atoms with Gasteiger partial charge in [-0.25, -0.2) is 8.78 Å². The number of hydrogen-bond donors (Lipinski definition) is 3. The fourth-order valence-electron chi connectivity index (χ4n) is 7.64. The van der Waals surface area contributed by atoms with E-state index in [0.29, 0.717) is 30.6 Å². The van der Waals surface area contributed by atoms with Gasteiger partial charge in [-0.1, -0.05) is 44.9 Å². The van der Waals surface area contributed by atoms with Crippen molar-refractivity contribution in [2.75, 3.05) is 19.6 Å². The molecule has 2 amide bonds. The van der Waals surface area contributed by atoms with Crippen LogP contribution in [0.3, 0.4) is 0 Å². The first-order valence-electron chi connectivity index (χ1n) is 16.4. The lowest BCUT2D eigenvalue weighted by Crippen LogP contribution is -2.67. The molecule has 0 aromatic heterocycles. The second-order valence-electron chi connectivity index (χ2n) is 13.2. The standard InChI is InChI=1S/C35H43F5N4O3/c1-3-6-27(7-4-2)43-14-15-44-29(31(43)46)10-11-34(44,32(41)47)28(18-22-16-25(36)20-26(37)17-22)30(45)21-42-33(12-13-33)23-8-5-9-24(19-23)35(38,39)40/h5,8-10,16-17,19-20,27-28,30,42,45H,3-4,6-7,11-15,18,21H2,1-2H3,(H2,41,47)/t28-,30+,34?/m1/s1. The normalized spacial score (nSPS) is 21.9. The smallest absolute Gasteiger partial charge is 0.391 e. The number of piperazine rings is 1. The van der Waals surface area contributed by atoms with Crippen LogP contribution in [0, 0.1) is 17.6 Å². The zero-order valence-electron chi connectivity index (χ0n) is 26.8. The summed E-state index contributed by atoms with van der Waals surface area (Å²) in [4.78, 5) is 31.0. The minimum absolute atomic E-state index is 0.00175. The molecule has 1 aliphatic carbocycles. The largest absolute Gasteiger partial charge is 0.416 e. The summed E-state index contributed by atoms with van der Waals surface area (Å²) >= 11 is 0. The molecule has 0 bridgehead atoms. The molecule has 2 aromatic rings. The van der Waals surface area contributed by atoms with Gasteiger partial charge < -0.3 is 26.0 Å². The molecular formula is C35H43F5N4O3. The van der Waals surface area contributed by atoms with E-state index in [1.807, 2.05) is 4.90 Å². The fraction of sp³-hybridized carbons (Fsp3) is 0.543. The van der Waals surface area contributed by atoms with Gasteiger partial charge in [-0.2, -0.15) is 13.2 Å². The number of aliphatic hydroxyl groups excluding tert-OH is 1. The van der Waals surface area contributed by atoms with Gasteiger partial charge in [0.1, 0.15) is 17.2 Å². The highest BCUT2D eigenvalue weighted by Crippen LogP contribution is 2.48. The number of hydrogen-bond acceptors (Lipinski definition) is 5. The van der Waals surface area contributed by atoms with Gasteiger partial charge in [-0.05, 0) is 67.5 Å². The van der Waals surface area contributed by atoms with Crippen LogP contribution >= 0.6 is 0 Å². The maximum Gasteiger partial charge on any atom is 0.416 e. The lowest BCUT2D eigenvalue weighted by Gasteiger charge is -2.50. The van der Waals surface area contributed by atoms with Crippen LogP contribution in [0.5, 0.6) is 0 Å². The minimum atomic E-state index is -4.52. The van der Waals surface area contributed by atoms with E-state index in [4.69, 9.17) is 5.73 Å². The molecule has 2 aliphatic heterocycles. The number of amides is 2.